The largest absolute Gasteiger partial charge is 0.388 e. The third-order valence-electron chi connectivity index (χ3n) is 2.41. The Kier molecular flexibility index (Phi) is 5.73. The highest BCUT2D eigenvalue weighted by Crippen LogP contribution is 2.36. The summed E-state index contributed by atoms with van der Waals surface area (Å²) in [5.74, 6) is 0.226. The van der Waals surface area contributed by atoms with Gasteiger partial charge in [0.15, 0.2) is 0 Å². The fourth-order valence-corrected chi connectivity index (χ4v) is 3.84. The van der Waals surface area contributed by atoms with Gasteiger partial charge in [0.25, 0.3) is 0 Å². The van der Waals surface area contributed by atoms with Crippen LogP contribution in [-0.2, 0) is 9.84 Å². The summed E-state index contributed by atoms with van der Waals surface area (Å²) in [6.45, 7) is 1.61. The van der Waals surface area contributed by atoms with E-state index in [1.807, 2.05) is 0 Å². The molecule has 0 saturated heterocycles. The molecule has 1 N–H and O–H groups in total. The zero-order chi connectivity index (χ0) is 13.1. The Labute approximate surface area is 115 Å². The Bertz CT molecular complexity index is 468. The van der Waals surface area contributed by atoms with Gasteiger partial charge in [-0.2, -0.15) is 0 Å². The molecule has 1 aromatic rings. The van der Waals surface area contributed by atoms with Crippen molar-refractivity contribution in [3.05, 3.63) is 20.3 Å². The summed E-state index contributed by atoms with van der Waals surface area (Å²) in [6, 6.07) is 1.62. The average Bonchev–Trinajstić information content (AvgIpc) is 2.57. The first-order chi connectivity index (χ1) is 7.85. The number of sulfone groups is 1. The van der Waals surface area contributed by atoms with Gasteiger partial charge in [0.1, 0.15) is 14.2 Å². The molecule has 1 rings (SSSR count). The predicted octanol–water partition coefficient (Wildman–Crippen LogP) is 3.30. The second kappa shape index (κ2) is 6.38. The van der Waals surface area contributed by atoms with Crippen molar-refractivity contribution in [2.45, 2.75) is 25.9 Å². The van der Waals surface area contributed by atoms with Gasteiger partial charge in [0.05, 0.1) is 16.2 Å². The Balaban J connectivity index is 2.51. The number of halogens is 2. The van der Waals surface area contributed by atoms with Crippen molar-refractivity contribution in [3.63, 3.8) is 0 Å². The number of hydrogen-bond acceptors (Lipinski definition) is 4. The van der Waals surface area contributed by atoms with E-state index in [1.54, 1.807) is 13.0 Å². The van der Waals surface area contributed by atoms with Crippen LogP contribution in [-0.4, -0.2) is 25.0 Å². The van der Waals surface area contributed by atoms with Crippen molar-refractivity contribution in [1.82, 2.24) is 0 Å². The van der Waals surface area contributed by atoms with Gasteiger partial charge in [0, 0.05) is 11.3 Å². The van der Waals surface area contributed by atoms with Crippen molar-refractivity contribution in [2.24, 2.45) is 0 Å². The van der Waals surface area contributed by atoms with E-state index in [9.17, 15) is 13.5 Å². The molecule has 17 heavy (non-hydrogen) atoms. The lowest BCUT2D eigenvalue weighted by atomic mass is 10.1. The maximum atomic E-state index is 11.3. The molecular formula is C10H14Cl2O3S2. The molecule has 0 amide bonds. The highest BCUT2D eigenvalue weighted by atomic mass is 35.5. The zero-order valence-electron chi connectivity index (χ0n) is 9.32. The van der Waals surface area contributed by atoms with Gasteiger partial charge in [-0.3, -0.25) is 0 Å². The number of rotatable bonds is 6. The Morgan fingerprint density at radius 2 is 2.12 bits per heavy atom. The van der Waals surface area contributed by atoms with Crippen LogP contribution < -0.4 is 0 Å². The van der Waals surface area contributed by atoms with Gasteiger partial charge in [-0.05, 0) is 18.9 Å². The third kappa shape index (κ3) is 4.75. The lowest BCUT2D eigenvalue weighted by Gasteiger charge is -2.09. The van der Waals surface area contributed by atoms with Crippen LogP contribution in [0.25, 0.3) is 0 Å². The molecule has 1 unspecified atom stereocenters. The Morgan fingerprint density at radius 3 is 2.59 bits per heavy atom. The SMILES string of the molecule is CCS(=O)(=O)CCCC(O)c1cc(Cl)sc1Cl. The van der Waals surface area contributed by atoms with Crippen LogP contribution in [0.4, 0.5) is 0 Å². The van der Waals surface area contributed by atoms with Gasteiger partial charge >= 0.3 is 0 Å². The van der Waals surface area contributed by atoms with E-state index in [4.69, 9.17) is 23.2 Å². The maximum absolute atomic E-state index is 11.3. The normalized spacial score (nSPS) is 13.9. The van der Waals surface area contributed by atoms with E-state index < -0.39 is 15.9 Å². The standard InChI is InChI=1S/C10H14Cl2O3S2/c1-2-17(14,15)5-3-4-8(13)7-6-9(11)16-10(7)12/h6,8,13H,2-5H2,1H3. The molecule has 0 fully saturated rings. The minimum Gasteiger partial charge on any atom is -0.388 e. The molecule has 7 heteroatoms. The first kappa shape index (κ1) is 15.2. The lowest BCUT2D eigenvalue weighted by molar-refractivity contribution is 0.167. The second-order valence-electron chi connectivity index (χ2n) is 3.67. The van der Waals surface area contributed by atoms with Crippen LogP contribution in [0.5, 0.6) is 0 Å². The minimum absolute atomic E-state index is 0.0933. The molecule has 1 heterocycles. The van der Waals surface area contributed by atoms with E-state index in [0.29, 0.717) is 27.1 Å². The molecule has 0 spiro atoms. The molecule has 0 radical (unpaired) electrons. The van der Waals surface area contributed by atoms with Gasteiger partial charge in [-0.25, -0.2) is 8.42 Å². The second-order valence-corrected chi connectivity index (χ2v) is 8.43. The van der Waals surface area contributed by atoms with Crippen molar-refractivity contribution >= 4 is 44.4 Å². The molecular weight excluding hydrogens is 303 g/mol. The monoisotopic (exact) mass is 316 g/mol. The fourth-order valence-electron chi connectivity index (χ4n) is 1.38. The molecule has 0 aliphatic rings. The molecule has 0 saturated carbocycles. The van der Waals surface area contributed by atoms with E-state index in [2.05, 4.69) is 0 Å². The molecule has 0 aliphatic heterocycles. The number of aliphatic hydroxyl groups is 1. The number of hydrogen-bond donors (Lipinski definition) is 1. The van der Waals surface area contributed by atoms with Gasteiger partial charge in [-0.15, -0.1) is 11.3 Å². The summed E-state index contributed by atoms with van der Waals surface area (Å²) < 4.78 is 23.5. The highest BCUT2D eigenvalue weighted by Gasteiger charge is 2.16. The summed E-state index contributed by atoms with van der Waals surface area (Å²) in [6.07, 6.45) is 0.0333. The third-order valence-corrected chi connectivity index (χ3v) is 5.72. The van der Waals surface area contributed by atoms with Crippen LogP contribution in [0.2, 0.25) is 8.67 Å². The fraction of sp³-hybridized carbons (Fsp3) is 0.600. The van der Waals surface area contributed by atoms with Crippen molar-refractivity contribution in [3.8, 4) is 0 Å². The molecule has 3 nitrogen and oxygen atoms in total. The first-order valence-electron chi connectivity index (χ1n) is 5.19. The number of thiophene rings is 1. The van der Waals surface area contributed by atoms with Crippen LogP contribution in [0.1, 0.15) is 31.4 Å². The summed E-state index contributed by atoms with van der Waals surface area (Å²) in [5.41, 5.74) is 0.579. The van der Waals surface area contributed by atoms with Gasteiger partial charge < -0.3 is 5.11 Å². The molecule has 0 aliphatic carbocycles. The van der Waals surface area contributed by atoms with Crippen LogP contribution in [0.15, 0.2) is 6.07 Å². The minimum atomic E-state index is -2.97. The maximum Gasteiger partial charge on any atom is 0.150 e. The Morgan fingerprint density at radius 1 is 1.47 bits per heavy atom. The summed E-state index contributed by atoms with van der Waals surface area (Å²) >= 11 is 12.9. The summed E-state index contributed by atoms with van der Waals surface area (Å²) in [7, 11) is -2.97. The zero-order valence-corrected chi connectivity index (χ0v) is 12.5. The topological polar surface area (TPSA) is 54.4 Å². The van der Waals surface area contributed by atoms with Gasteiger partial charge in [-0.1, -0.05) is 30.1 Å². The molecule has 1 aromatic heterocycles. The van der Waals surface area contributed by atoms with Crippen LogP contribution >= 0.6 is 34.5 Å². The predicted molar refractivity (Wildman–Crippen MR) is 72.9 cm³/mol. The van der Waals surface area contributed by atoms with E-state index >= 15 is 0 Å². The first-order valence-corrected chi connectivity index (χ1v) is 8.58. The average molecular weight is 317 g/mol. The van der Waals surface area contributed by atoms with Crippen molar-refractivity contribution in [1.29, 1.82) is 0 Å². The van der Waals surface area contributed by atoms with Crippen molar-refractivity contribution in [2.75, 3.05) is 11.5 Å². The van der Waals surface area contributed by atoms with E-state index in [1.165, 1.54) is 11.3 Å². The van der Waals surface area contributed by atoms with Crippen LogP contribution in [0, 0.1) is 0 Å². The highest BCUT2D eigenvalue weighted by molar-refractivity contribution is 7.91. The Hall–Kier alpha value is 0.190. The summed E-state index contributed by atoms with van der Waals surface area (Å²) in [4.78, 5) is 0. The molecule has 98 valence electrons. The summed E-state index contributed by atoms with van der Waals surface area (Å²) in [5, 5.41) is 9.85. The van der Waals surface area contributed by atoms with E-state index in [-0.39, 0.29) is 11.5 Å². The molecule has 1 atom stereocenters. The number of aliphatic hydroxyl groups excluding tert-OH is 1. The van der Waals surface area contributed by atoms with E-state index in [0.717, 1.165) is 0 Å². The van der Waals surface area contributed by atoms with Gasteiger partial charge in [0.2, 0.25) is 0 Å². The smallest absolute Gasteiger partial charge is 0.150 e. The quantitative estimate of drug-likeness (QED) is 0.876. The molecule has 0 bridgehead atoms. The molecule has 0 aromatic carbocycles. The van der Waals surface area contributed by atoms with Crippen molar-refractivity contribution < 1.29 is 13.5 Å². The van der Waals surface area contributed by atoms with Crippen LogP contribution in [0.3, 0.4) is 0 Å². The lowest BCUT2D eigenvalue weighted by Crippen LogP contribution is -2.09.